The first-order chi connectivity index (χ1) is 15.0. The first-order valence-corrected chi connectivity index (χ1v) is 9.91. The molecule has 5 heteroatoms. The van der Waals surface area contributed by atoms with Crippen LogP contribution in [0.1, 0.15) is 21.5 Å². The van der Waals surface area contributed by atoms with Gasteiger partial charge in [-0.05, 0) is 55.3 Å². The number of aryl methyl sites for hydroxylation is 2. The van der Waals surface area contributed by atoms with Crippen LogP contribution >= 0.6 is 0 Å². The van der Waals surface area contributed by atoms with Crippen molar-refractivity contribution in [2.75, 3.05) is 13.7 Å². The van der Waals surface area contributed by atoms with Gasteiger partial charge in [-0.1, -0.05) is 36.4 Å². The number of carbonyl (C=O) groups is 1. The number of hydrogen-bond donors (Lipinski definition) is 0. The summed E-state index contributed by atoms with van der Waals surface area (Å²) in [5.41, 5.74) is 3.14. The van der Waals surface area contributed by atoms with Crippen LogP contribution < -0.4 is 14.9 Å². The van der Waals surface area contributed by atoms with Crippen molar-refractivity contribution in [3.8, 4) is 22.8 Å². The van der Waals surface area contributed by atoms with Crippen LogP contribution in [0.4, 0.5) is 0 Å². The van der Waals surface area contributed by atoms with Crippen molar-refractivity contribution in [1.29, 1.82) is 0 Å². The van der Waals surface area contributed by atoms with Gasteiger partial charge in [-0.15, -0.1) is 0 Å². The summed E-state index contributed by atoms with van der Waals surface area (Å²) in [6.45, 7) is 3.54. The maximum Gasteiger partial charge on any atom is 0.235 e. The highest BCUT2D eigenvalue weighted by Gasteiger charge is 2.20. The maximum absolute atomic E-state index is 13.4. The standard InChI is InChI=1S/C26H22O5/c1-16-13-17(2)23-22(14-16)31-25(19-9-11-20(29-3)12-10-19)26(24(23)28)30-15-21(27)18-7-5-4-6-8-18/h4-14H,15H2,1-3H3. The molecular formula is C26H22O5. The molecule has 1 heterocycles. The van der Waals surface area contributed by atoms with Crippen molar-refractivity contribution >= 4 is 16.8 Å². The van der Waals surface area contributed by atoms with Crippen LogP contribution in [-0.2, 0) is 0 Å². The molecule has 0 saturated heterocycles. The fraction of sp³-hybridized carbons (Fsp3) is 0.154. The summed E-state index contributed by atoms with van der Waals surface area (Å²) in [5, 5.41) is 0.449. The first-order valence-electron chi connectivity index (χ1n) is 9.91. The highest BCUT2D eigenvalue weighted by molar-refractivity contribution is 5.97. The van der Waals surface area contributed by atoms with Crippen molar-refractivity contribution in [2.45, 2.75) is 13.8 Å². The number of methoxy groups -OCH3 is 1. The number of ketones is 1. The molecule has 4 aromatic rings. The van der Waals surface area contributed by atoms with Gasteiger partial charge in [0, 0.05) is 11.1 Å². The molecule has 0 amide bonds. The van der Waals surface area contributed by atoms with Gasteiger partial charge in [-0.3, -0.25) is 9.59 Å². The molecule has 0 fully saturated rings. The minimum Gasteiger partial charge on any atom is -0.497 e. The largest absolute Gasteiger partial charge is 0.497 e. The van der Waals surface area contributed by atoms with Crippen LogP contribution in [0.25, 0.3) is 22.3 Å². The number of carbonyl (C=O) groups excluding carboxylic acids is 1. The van der Waals surface area contributed by atoms with E-state index in [0.717, 1.165) is 11.1 Å². The molecule has 1 aromatic heterocycles. The van der Waals surface area contributed by atoms with Gasteiger partial charge in [-0.2, -0.15) is 0 Å². The molecule has 0 N–H and O–H groups in total. The maximum atomic E-state index is 13.4. The van der Waals surface area contributed by atoms with Crippen molar-refractivity contribution in [3.05, 3.63) is 93.6 Å². The lowest BCUT2D eigenvalue weighted by Crippen LogP contribution is -2.17. The third kappa shape index (κ3) is 4.08. The number of Topliss-reactive ketones (excluding diaryl/α,β-unsaturated/α-hetero) is 1. The highest BCUT2D eigenvalue weighted by Crippen LogP contribution is 2.33. The van der Waals surface area contributed by atoms with E-state index >= 15 is 0 Å². The van der Waals surface area contributed by atoms with Crippen LogP contribution in [0.15, 0.2) is 75.9 Å². The van der Waals surface area contributed by atoms with E-state index < -0.39 is 0 Å². The van der Waals surface area contributed by atoms with Gasteiger partial charge in [0.05, 0.1) is 12.5 Å². The van der Waals surface area contributed by atoms with Gasteiger partial charge in [0.2, 0.25) is 11.2 Å². The van der Waals surface area contributed by atoms with Gasteiger partial charge < -0.3 is 13.9 Å². The Morgan fingerprint density at radius 2 is 1.68 bits per heavy atom. The number of benzene rings is 3. The summed E-state index contributed by atoms with van der Waals surface area (Å²) in [6.07, 6.45) is 0. The van der Waals surface area contributed by atoms with Crippen molar-refractivity contribution in [2.24, 2.45) is 0 Å². The normalized spacial score (nSPS) is 10.8. The molecule has 0 spiro atoms. The summed E-state index contributed by atoms with van der Waals surface area (Å²) < 4.78 is 17.2. The second-order valence-electron chi connectivity index (χ2n) is 7.35. The Morgan fingerprint density at radius 1 is 0.968 bits per heavy atom. The van der Waals surface area contributed by atoms with E-state index in [2.05, 4.69) is 0 Å². The lowest BCUT2D eigenvalue weighted by atomic mass is 10.0. The average Bonchev–Trinajstić information content (AvgIpc) is 2.78. The van der Waals surface area contributed by atoms with E-state index in [4.69, 9.17) is 13.9 Å². The molecular weight excluding hydrogens is 392 g/mol. The Morgan fingerprint density at radius 3 is 2.35 bits per heavy atom. The van der Waals surface area contributed by atoms with Crippen LogP contribution in [0.2, 0.25) is 0 Å². The predicted molar refractivity (Wildman–Crippen MR) is 120 cm³/mol. The number of fused-ring (bicyclic) bond motifs is 1. The molecule has 0 unspecified atom stereocenters. The first kappa shape index (κ1) is 20.4. The van der Waals surface area contributed by atoms with Gasteiger partial charge in [0.1, 0.15) is 11.3 Å². The lowest BCUT2D eigenvalue weighted by molar-refractivity contribution is 0.0920. The molecule has 0 radical (unpaired) electrons. The second kappa shape index (κ2) is 8.48. The van der Waals surface area contributed by atoms with E-state index in [1.54, 1.807) is 55.6 Å². The fourth-order valence-electron chi connectivity index (χ4n) is 3.58. The quantitative estimate of drug-likeness (QED) is 0.398. The van der Waals surface area contributed by atoms with Crippen LogP contribution in [0.3, 0.4) is 0 Å². The molecule has 31 heavy (non-hydrogen) atoms. The van der Waals surface area contributed by atoms with Crippen molar-refractivity contribution in [1.82, 2.24) is 0 Å². The molecule has 0 aliphatic heterocycles. The zero-order valence-electron chi connectivity index (χ0n) is 17.6. The van der Waals surface area contributed by atoms with Crippen molar-refractivity contribution < 1.29 is 18.7 Å². The molecule has 4 rings (SSSR count). The number of ether oxygens (including phenoxy) is 2. The molecule has 0 atom stereocenters. The Labute approximate surface area is 179 Å². The third-order valence-corrected chi connectivity index (χ3v) is 5.09. The average molecular weight is 414 g/mol. The molecule has 5 nitrogen and oxygen atoms in total. The molecule has 0 saturated carbocycles. The third-order valence-electron chi connectivity index (χ3n) is 5.09. The summed E-state index contributed by atoms with van der Waals surface area (Å²) >= 11 is 0. The fourth-order valence-corrected chi connectivity index (χ4v) is 3.58. The summed E-state index contributed by atoms with van der Waals surface area (Å²) in [7, 11) is 1.58. The molecule has 0 aliphatic carbocycles. The van der Waals surface area contributed by atoms with E-state index in [1.807, 2.05) is 32.0 Å². The topological polar surface area (TPSA) is 65.7 Å². The van der Waals surface area contributed by atoms with Gasteiger partial charge in [0.25, 0.3) is 0 Å². The SMILES string of the molecule is COc1ccc(-c2oc3cc(C)cc(C)c3c(=O)c2OCC(=O)c2ccccc2)cc1. The number of rotatable bonds is 6. The van der Waals surface area contributed by atoms with E-state index in [1.165, 1.54) is 0 Å². The molecule has 0 bridgehead atoms. The smallest absolute Gasteiger partial charge is 0.235 e. The zero-order valence-corrected chi connectivity index (χ0v) is 17.6. The van der Waals surface area contributed by atoms with E-state index in [0.29, 0.717) is 27.8 Å². The summed E-state index contributed by atoms with van der Waals surface area (Å²) in [5.74, 6) is 0.765. The van der Waals surface area contributed by atoms with E-state index in [9.17, 15) is 9.59 Å². The zero-order chi connectivity index (χ0) is 22.0. The Hall–Kier alpha value is -3.86. The van der Waals surface area contributed by atoms with Gasteiger partial charge in [0.15, 0.2) is 18.2 Å². The van der Waals surface area contributed by atoms with Crippen LogP contribution in [0, 0.1) is 13.8 Å². The van der Waals surface area contributed by atoms with Gasteiger partial charge >= 0.3 is 0 Å². The van der Waals surface area contributed by atoms with E-state index in [-0.39, 0.29) is 29.3 Å². The Balaban J connectivity index is 1.83. The van der Waals surface area contributed by atoms with Crippen molar-refractivity contribution in [3.63, 3.8) is 0 Å². The molecule has 156 valence electrons. The molecule has 3 aromatic carbocycles. The number of hydrogen-bond acceptors (Lipinski definition) is 5. The minimum absolute atomic E-state index is 0.0221. The highest BCUT2D eigenvalue weighted by atomic mass is 16.5. The minimum atomic E-state index is -0.301. The second-order valence-corrected chi connectivity index (χ2v) is 7.35. The predicted octanol–water partition coefficient (Wildman–Crippen LogP) is 5.35. The van der Waals surface area contributed by atoms with Crippen LogP contribution in [0.5, 0.6) is 11.5 Å². The Kier molecular flexibility index (Phi) is 5.58. The summed E-state index contributed by atoms with van der Waals surface area (Å²) in [4.78, 5) is 26.0. The monoisotopic (exact) mass is 414 g/mol. The van der Waals surface area contributed by atoms with Gasteiger partial charge in [-0.25, -0.2) is 0 Å². The summed E-state index contributed by atoms with van der Waals surface area (Å²) in [6, 6.07) is 19.7. The Bertz CT molecular complexity index is 1300. The van der Waals surface area contributed by atoms with Crippen LogP contribution in [-0.4, -0.2) is 19.5 Å². The lowest BCUT2D eigenvalue weighted by Gasteiger charge is -2.13. The molecule has 0 aliphatic rings.